The minimum absolute atomic E-state index is 0.686. The van der Waals surface area contributed by atoms with Gasteiger partial charge in [-0.05, 0) is 0 Å². The highest BCUT2D eigenvalue weighted by Gasteiger charge is 2.44. The SMILES string of the molecule is OCC1OC(F)C(O)C(F)C1O. The van der Waals surface area contributed by atoms with E-state index in [-0.39, 0.29) is 0 Å². The van der Waals surface area contributed by atoms with Gasteiger partial charge in [-0.2, -0.15) is 0 Å². The van der Waals surface area contributed by atoms with Crippen LogP contribution >= 0.6 is 0 Å². The van der Waals surface area contributed by atoms with Crippen molar-refractivity contribution in [2.75, 3.05) is 6.61 Å². The standard InChI is InChI=1S/C6H10F2O4/c7-3-4(10)2(1-9)12-6(8)5(3)11/h2-6,9-11H,1H2. The van der Waals surface area contributed by atoms with Gasteiger partial charge in [-0.15, -0.1) is 0 Å². The van der Waals surface area contributed by atoms with Crippen LogP contribution in [0.1, 0.15) is 0 Å². The third kappa shape index (κ3) is 1.56. The first kappa shape index (κ1) is 9.79. The third-order valence-electron chi connectivity index (χ3n) is 1.79. The van der Waals surface area contributed by atoms with E-state index in [1.165, 1.54) is 0 Å². The summed E-state index contributed by atoms with van der Waals surface area (Å²) in [5.41, 5.74) is 0. The second-order valence-corrected chi connectivity index (χ2v) is 2.63. The van der Waals surface area contributed by atoms with Gasteiger partial charge in [0, 0.05) is 0 Å². The van der Waals surface area contributed by atoms with Gasteiger partial charge in [0.15, 0.2) is 6.17 Å². The first-order chi connectivity index (χ1) is 5.57. The molecule has 5 unspecified atom stereocenters. The van der Waals surface area contributed by atoms with Crippen molar-refractivity contribution in [3.05, 3.63) is 0 Å². The van der Waals surface area contributed by atoms with Crippen LogP contribution in [0, 0.1) is 0 Å². The zero-order chi connectivity index (χ0) is 9.30. The second kappa shape index (κ2) is 3.61. The smallest absolute Gasteiger partial charge is 0.228 e. The summed E-state index contributed by atoms with van der Waals surface area (Å²) in [5.74, 6) is 0. The highest BCUT2D eigenvalue weighted by atomic mass is 19.2. The summed E-state index contributed by atoms with van der Waals surface area (Å²) >= 11 is 0. The van der Waals surface area contributed by atoms with Crippen LogP contribution in [0.15, 0.2) is 0 Å². The summed E-state index contributed by atoms with van der Waals surface area (Å²) in [6.45, 7) is -0.686. The van der Waals surface area contributed by atoms with E-state index >= 15 is 0 Å². The molecule has 72 valence electrons. The molecule has 0 saturated carbocycles. The minimum atomic E-state index is -2.19. The van der Waals surface area contributed by atoms with E-state index in [2.05, 4.69) is 4.74 Å². The molecule has 0 amide bonds. The quantitative estimate of drug-likeness (QED) is 0.475. The molecule has 4 nitrogen and oxygen atoms in total. The predicted octanol–water partition coefficient (Wildman–Crippen LogP) is -1.27. The average molecular weight is 184 g/mol. The van der Waals surface area contributed by atoms with Crippen molar-refractivity contribution in [1.82, 2.24) is 0 Å². The first-order valence-electron chi connectivity index (χ1n) is 3.48. The molecule has 6 heteroatoms. The molecule has 0 aliphatic carbocycles. The van der Waals surface area contributed by atoms with Gasteiger partial charge in [0.1, 0.15) is 18.3 Å². The molecule has 3 N–H and O–H groups in total. The molecule has 0 aromatic rings. The largest absolute Gasteiger partial charge is 0.394 e. The average Bonchev–Trinajstić information content (AvgIpc) is 2.08. The van der Waals surface area contributed by atoms with Crippen LogP contribution in [-0.2, 0) is 4.74 Å². The van der Waals surface area contributed by atoms with Crippen LogP contribution in [0.5, 0.6) is 0 Å². The van der Waals surface area contributed by atoms with E-state index in [1.807, 2.05) is 0 Å². The molecule has 1 saturated heterocycles. The summed E-state index contributed by atoms with van der Waals surface area (Å²) in [5, 5.41) is 26.1. The molecule has 1 fully saturated rings. The van der Waals surface area contributed by atoms with Gasteiger partial charge >= 0.3 is 0 Å². The maximum absolute atomic E-state index is 12.7. The van der Waals surface area contributed by atoms with Crippen LogP contribution < -0.4 is 0 Å². The summed E-state index contributed by atoms with van der Waals surface area (Å²) in [6, 6.07) is 0. The van der Waals surface area contributed by atoms with Crippen molar-refractivity contribution in [2.45, 2.75) is 30.8 Å². The Bertz CT molecular complexity index is 152. The Labute approximate surface area is 67.4 Å². The van der Waals surface area contributed by atoms with Gasteiger partial charge < -0.3 is 20.1 Å². The highest BCUT2D eigenvalue weighted by Crippen LogP contribution is 2.23. The molecule has 1 aliphatic heterocycles. The fraction of sp³-hybridized carbons (Fsp3) is 1.00. The topological polar surface area (TPSA) is 69.9 Å². The van der Waals surface area contributed by atoms with Gasteiger partial charge in [-0.25, -0.2) is 8.78 Å². The molecule has 5 atom stereocenters. The number of aliphatic hydroxyl groups excluding tert-OH is 3. The number of hydrogen-bond acceptors (Lipinski definition) is 4. The molecule has 0 radical (unpaired) electrons. The fourth-order valence-electron chi connectivity index (χ4n) is 1.03. The molecular weight excluding hydrogens is 174 g/mol. The second-order valence-electron chi connectivity index (χ2n) is 2.63. The lowest BCUT2D eigenvalue weighted by Gasteiger charge is -2.35. The Hall–Kier alpha value is -0.300. The van der Waals surface area contributed by atoms with Crippen LogP contribution in [0.2, 0.25) is 0 Å². The first-order valence-corrected chi connectivity index (χ1v) is 3.48. The molecule has 1 heterocycles. The van der Waals surface area contributed by atoms with E-state index in [0.29, 0.717) is 0 Å². The normalized spacial score (nSPS) is 49.2. The van der Waals surface area contributed by atoms with Crippen LogP contribution in [0.25, 0.3) is 0 Å². The Balaban J connectivity index is 2.63. The van der Waals surface area contributed by atoms with Gasteiger partial charge in [-0.3, -0.25) is 0 Å². The van der Waals surface area contributed by atoms with E-state index in [0.717, 1.165) is 0 Å². The van der Waals surface area contributed by atoms with Crippen molar-refractivity contribution in [3.63, 3.8) is 0 Å². The monoisotopic (exact) mass is 184 g/mol. The number of rotatable bonds is 1. The third-order valence-corrected chi connectivity index (χ3v) is 1.79. The lowest BCUT2D eigenvalue weighted by molar-refractivity contribution is -0.249. The molecule has 0 aromatic carbocycles. The van der Waals surface area contributed by atoms with Crippen LogP contribution in [-0.4, -0.2) is 52.8 Å². The van der Waals surface area contributed by atoms with Gasteiger partial charge in [0.25, 0.3) is 0 Å². The Morgan fingerprint density at radius 3 is 2.25 bits per heavy atom. The molecule has 0 bridgehead atoms. The fourth-order valence-corrected chi connectivity index (χ4v) is 1.03. The van der Waals surface area contributed by atoms with Gasteiger partial charge in [0.05, 0.1) is 6.61 Å². The predicted molar refractivity (Wildman–Crippen MR) is 33.8 cm³/mol. The van der Waals surface area contributed by atoms with Gasteiger partial charge in [0.2, 0.25) is 6.36 Å². The summed E-state index contributed by atoms with van der Waals surface area (Å²) in [4.78, 5) is 0. The van der Waals surface area contributed by atoms with Crippen molar-refractivity contribution < 1.29 is 28.8 Å². The number of aliphatic hydroxyl groups is 3. The van der Waals surface area contributed by atoms with Crippen LogP contribution in [0.4, 0.5) is 8.78 Å². The number of alkyl halides is 2. The number of hydrogen-bond donors (Lipinski definition) is 3. The Morgan fingerprint density at radius 2 is 1.75 bits per heavy atom. The Kier molecular flexibility index (Phi) is 2.94. The Morgan fingerprint density at radius 1 is 1.17 bits per heavy atom. The van der Waals surface area contributed by atoms with Crippen molar-refractivity contribution in [2.24, 2.45) is 0 Å². The molecule has 12 heavy (non-hydrogen) atoms. The summed E-state index contributed by atoms with van der Waals surface area (Å²) in [7, 11) is 0. The molecule has 0 aromatic heterocycles. The zero-order valence-corrected chi connectivity index (χ0v) is 6.10. The molecule has 0 spiro atoms. The van der Waals surface area contributed by atoms with E-state index < -0.39 is 37.4 Å². The van der Waals surface area contributed by atoms with Crippen molar-refractivity contribution in [3.8, 4) is 0 Å². The lowest BCUT2D eigenvalue weighted by atomic mass is 10.0. The summed E-state index contributed by atoms with van der Waals surface area (Å²) < 4.78 is 29.5. The van der Waals surface area contributed by atoms with Crippen molar-refractivity contribution >= 4 is 0 Å². The maximum Gasteiger partial charge on any atom is 0.228 e. The summed E-state index contributed by atoms with van der Waals surface area (Å²) in [6.07, 6.45) is -9.29. The molecule has 1 rings (SSSR count). The minimum Gasteiger partial charge on any atom is -0.394 e. The van der Waals surface area contributed by atoms with E-state index in [9.17, 15) is 8.78 Å². The highest BCUT2D eigenvalue weighted by molar-refractivity contribution is 4.88. The van der Waals surface area contributed by atoms with E-state index in [4.69, 9.17) is 15.3 Å². The van der Waals surface area contributed by atoms with E-state index in [1.54, 1.807) is 0 Å². The maximum atomic E-state index is 12.7. The number of ether oxygens (including phenoxy) is 1. The van der Waals surface area contributed by atoms with Crippen LogP contribution in [0.3, 0.4) is 0 Å². The molecular formula is C6H10F2O4. The number of halogens is 2. The van der Waals surface area contributed by atoms with Gasteiger partial charge in [-0.1, -0.05) is 0 Å². The van der Waals surface area contributed by atoms with Crippen molar-refractivity contribution in [1.29, 1.82) is 0 Å². The molecule has 1 aliphatic rings. The lowest BCUT2D eigenvalue weighted by Crippen LogP contribution is -2.55. The zero-order valence-electron chi connectivity index (χ0n) is 6.10.